The third-order valence-corrected chi connectivity index (χ3v) is 10.3. The molecule has 0 aromatic carbocycles. The molecule has 3 nitrogen and oxygen atoms in total. The van der Waals surface area contributed by atoms with Gasteiger partial charge in [-0.1, -0.05) is 26.8 Å². The molecule has 2 atom stereocenters. The van der Waals surface area contributed by atoms with Gasteiger partial charge in [-0.15, -0.1) is 11.8 Å². The third kappa shape index (κ3) is 5.08. The molecule has 0 bridgehead atoms. The lowest BCUT2D eigenvalue weighted by Crippen LogP contribution is -2.42. The summed E-state index contributed by atoms with van der Waals surface area (Å²) >= 11 is 1.85. The number of aromatic nitrogens is 1. The Morgan fingerprint density at radius 2 is 2.09 bits per heavy atom. The molecule has 1 aromatic heterocycles. The van der Waals surface area contributed by atoms with Crippen molar-refractivity contribution in [1.82, 2.24) is 4.98 Å². The van der Waals surface area contributed by atoms with Gasteiger partial charge in [0, 0.05) is 11.9 Å². The highest BCUT2D eigenvalue weighted by Crippen LogP contribution is 2.37. The van der Waals surface area contributed by atoms with Crippen LogP contribution in [0.5, 0.6) is 0 Å². The molecule has 0 aliphatic carbocycles. The highest BCUT2D eigenvalue weighted by atomic mass is 32.2. The fourth-order valence-electron chi connectivity index (χ4n) is 2.10. The van der Waals surface area contributed by atoms with Gasteiger partial charge in [0.15, 0.2) is 8.32 Å². The minimum absolute atomic E-state index is 0.260. The summed E-state index contributed by atoms with van der Waals surface area (Å²) in [5.41, 5.74) is 1.41. The van der Waals surface area contributed by atoms with Crippen LogP contribution in [0.4, 0.5) is 0 Å². The lowest BCUT2D eigenvalue weighted by atomic mass is 10.2. The molecular weight excluding hydrogens is 310 g/mol. The van der Waals surface area contributed by atoms with Crippen LogP contribution in [0, 0.1) is 0 Å². The smallest absolute Gasteiger partial charge is 0.192 e. The Balaban J connectivity index is 1.72. The van der Waals surface area contributed by atoms with E-state index in [1.165, 1.54) is 0 Å². The van der Waals surface area contributed by atoms with E-state index >= 15 is 0 Å². The van der Waals surface area contributed by atoms with Crippen molar-refractivity contribution in [2.24, 2.45) is 0 Å². The molecule has 1 aliphatic heterocycles. The maximum absolute atomic E-state index is 6.28. The zero-order valence-electron chi connectivity index (χ0n) is 14.5. The van der Waals surface area contributed by atoms with Crippen molar-refractivity contribution >= 4 is 20.1 Å². The van der Waals surface area contributed by atoms with Gasteiger partial charge in [-0.25, -0.2) is 0 Å². The fourth-order valence-corrected chi connectivity index (χ4v) is 4.20. The van der Waals surface area contributed by atoms with Gasteiger partial charge < -0.3 is 9.16 Å². The van der Waals surface area contributed by atoms with Crippen molar-refractivity contribution in [1.29, 1.82) is 0 Å². The molecule has 1 aromatic rings. The molecule has 2 heterocycles. The molecule has 1 aliphatic rings. The van der Waals surface area contributed by atoms with Crippen molar-refractivity contribution in [2.75, 3.05) is 6.61 Å². The largest absolute Gasteiger partial charge is 0.414 e. The van der Waals surface area contributed by atoms with E-state index < -0.39 is 8.32 Å². The number of hydrogen-bond acceptors (Lipinski definition) is 4. The second-order valence-corrected chi connectivity index (χ2v) is 13.4. The molecule has 5 heteroatoms. The first-order valence-electron chi connectivity index (χ1n) is 8.09. The molecule has 0 amide bonds. The molecule has 0 spiro atoms. The molecule has 0 N–H and O–H groups in total. The summed E-state index contributed by atoms with van der Waals surface area (Å²) in [4.78, 5) is 4.36. The molecule has 124 valence electrons. The first-order chi connectivity index (χ1) is 10.3. The van der Waals surface area contributed by atoms with Crippen LogP contribution in [0.2, 0.25) is 18.1 Å². The predicted molar refractivity (Wildman–Crippen MR) is 96.6 cm³/mol. The zero-order chi connectivity index (χ0) is 16.2. The van der Waals surface area contributed by atoms with Crippen molar-refractivity contribution in [3.8, 4) is 0 Å². The Morgan fingerprint density at radius 1 is 1.32 bits per heavy atom. The van der Waals surface area contributed by atoms with E-state index in [2.05, 4.69) is 44.9 Å². The summed E-state index contributed by atoms with van der Waals surface area (Å²) in [7, 11) is -1.66. The standard InChI is InChI=1S/C17H29NO2SSi/c1-17(2,3)22(4,5)19-12-15-9-10-16(20-15)21-13-14-8-6-7-11-18-14/h6-8,11,15-16H,9-10,12-13H2,1-5H3/t15-,16+/m0/s1. The molecule has 1 saturated heterocycles. The average Bonchev–Trinajstić information content (AvgIpc) is 2.91. The van der Waals surface area contributed by atoms with Gasteiger partial charge in [-0.05, 0) is 43.1 Å². The number of nitrogens with zero attached hydrogens (tertiary/aromatic N) is 1. The van der Waals surface area contributed by atoms with E-state index in [0.717, 1.165) is 30.9 Å². The summed E-state index contributed by atoms with van der Waals surface area (Å²) < 4.78 is 12.4. The number of ether oxygens (including phenoxy) is 1. The molecule has 22 heavy (non-hydrogen) atoms. The first kappa shape index (κ1) is 18.0. The van der Waals surface area contributed by atoms with Crippen molar-refractivity contribution in [3.05, 3.63) is 30.1 Å². The maximum atomic E-state index is 6.28. The second-order valence-electron chi connectivity index (χ2n) is 7.47. The zero-order valence-corrected chi connectivity index (χ0v) is 16.3. The van der Waals surface area contributed by atoms with Crippen LogP contribution in [0.25, 0.3) is 0 Å². The summed E-state index contributed by atoms with van der Waals surface area (Å²) in [5, 5.41) is 0.263. The highest BCUT2D eigenvalue weighted by Gasteiger charge is 2.38. The Morgan fingerprint density at radius 3 is 2.73 bits per heavy atom. The number of thioether (sulfide) groups is 1. The van der Waals surface area contributed by atoms with Crippen LogP contribution >= 0.6 is 11.8 Å². The Hall–Kier alpha value is -0.363. The van der Waals surface area contributed by atoms with E-state index in [9.17, 15) is 0 Å². The van der Waals surface area contributed by atoms with Gasteiger partial charge in [0.1, 0.15) is 5.44 Å². The topological polar surface area (TPSA) is 31.4 Å². The molecule has 1 fully saturated rings. The summed E-state index contributed by atoms with van der Waals surface area (Å²) in [6.45, 7) is 12.2. The Labute approximate surface area is 140 Å². The normalized spacial score (nSPS) is 23.0. The van der Waals surface area contributed by atoms with Gasteiger partial charge >= 0.3 is 0 Å². The van der Waals surface area contributed by atoms with Crippen LogP contribution in [0.3, 0.4) is 0 Å². The minimum atomic E-state index is -1.66. The molecule has 0 unspecified atom stereocenters. The van der Waals surface area contributed by atoms with E-state index in [1.807, 2.05) is 30.1 Å². The molecular formula is C17H29NO2SSi. The summed E-state index contributed by atoms with van der Waals surface area (Å²) in [6, 6.07) is 6.06. The summed E-state index contributed by atoms with van der Waals surface area (Å²) in [6.07, 6.45) is 4.33. The fraction of sp³-hybridized carbons (Fsp3) is 0.706. The van der Waals surface area contributed by atoms with Gasteiger partial charge in [0.05, 0.1) is 18.4 Å². The number of hydrogen-bond donors (Lipinski definition) is 0. The minimum Gasteiger partial charge on any atom is -0.414 e. The van der Waals surface area contributed by atoms with Gasteiger partial charge in [-0.2, -0.15) is 0 Å². The highest BCUT2D eigenvalue weighted by molar-refractivity contribution is 7.99. The molecule has 0 radical (unpaired) electrons. The van der Waals surface area contributed by atoms with Crippen molar-refractivity contribution in [3.63, 3.8) is 0 Å². The maximum Gasteiger partial charge on any atom is 0.192 e. The van der Waals surface area contributed by atoms with Crippen LogP contribution in [-0.2, 0) is 14.9 Å². The van der Waals surface area contributed by atoms with E-state index in [4.69, 9.17) is 9.16 Å². The monoisotopic (exact) mass is 339 g/mol. The molecule has 0 saturated carbocycles. The number of rotatable bonds is 6. The van der Waals surface area contributed by atoms with Gasteiger partial charge in [-0.3, -0.25) is 4.98 Å². The lowest BCUT2D eigenvalue weighted by Gasteiger charge is -2.36. The van der Waals surface area contributed by atoms with E-state index in [0.29, 0.717) is 0 Å². The van der Waals surface area contributed by atoms with E-state index in [-0.39, 0.29) is 16.6 Å². The van der Waals surface area contributed by atoms with Gasteiger partial charge in [0.2, 0.25) is 0 Å². The van der Waals surface area contributed by atoms with Crippen LogP contribution in [0.15, 0.2) is 24.4 Å². The van der Waals surface area contributed by atoms with Crippen molar-refractivity contribution in [2.45, 2.75) is 69.0 Å². The molecule has 2 rings (SSSR count). The predicted octanol–water partition coefficient (Wildman–Crippen LogP) is 4.84. The van der Waals surface area contributed by atoms with Gasteiger partial charge in [0.25, 0.3) is 0 Å². The summed E-state index contributed by atoms with van der Waals surface area (Å²) in [5.74, 6) is 0.918. The quantitative estimate of drug-likeness (QED) is 0.694. The first-order valence-corrected chi connectivity index (χ1v) is 12.0. The lowest BCUT2D eigenvalue weighted by molar-refractivity contribution is 0.0498. The van der Waals surface area contributed by atoms with Crippen molar-refractivity contribution < 1.29 is 9.16 Å². The average molecular weight is 340 g/mol. The Kier molecular flexibility index (Phi) is 6.11. The Bertz CT molecular complexity index is 461. The second kappa shape index (κ2) is 7.47. The SMILES string of the molecule is CC(C)(C)[Si](C)(C)OC[C@@H]1CC[C@@H](SCc2ccccn2)O1. The van der Waals surface area contributed by atoms with E-state index in [1.54, 1.807) is 0 Å². The third-order valence-electron chi connectivity index (χ3n) is 4.65. The van der Waals surface area contributed by atoms with Crippen LogP contribution in [-0.4, -0.2) is 31.4 Å². The number of pyridine rings is 1. The van der Waals surface area contributed by atoms with Crippen LogP contribution in [0.1, 0.15) is 39.3 Å². The van der Waals surface area contributed by atoms with Crippen LogP contribution < -0.4 is 0 Å².